The van der Waals surface area contributed by atoms with E-state index in [9.17, 15) is 9.59 Å². The van der Waals surface area contributed by atoms with Crippen LogP contribution >= 0.6 is 0 Å². The first-order chi connectivity index (χ1) is 13.5. The Morgan fingerprint density at radius 3 is 2.57 bits per heavy atom. The highest BCUT2D eigenvalue weighted by Crippen LogP contribution is 2.24. The molecule has 2 amide bonds. The second-order valence-electron chi connectivity index (χ2n) is 7.48. The van der Waals surface area contributed by atoms with E-state index in [0.717, 1.165) is 48.0 Å². The Balaban J connectivity index is 1.53. The lowest BCUT2D eigenvalue weighted by atomic mass is 10.0. The zero-order valence-electron chi connectivity index (χ0n) is 16.4. The maximum Gasteiger partial charge on any atom is 0.254 e. The summed E-state index contributed by atoms with van der Waals surface area (Å²) in [6.07, 6.45) is 4.42. The molecule has 1 aromatic heterocycles. The number of aromatic nitrogens is 1. The summed E-state index contributed by atoms with van der Waals surface area (Å²) < 4.78 is 2.04. The van der Waals surface area contributed by atoms with Crippen LogP contribution in [0.4, 0.5) is 5.69 Å². The highest BCUT2D eigenvalue weighted by Gasteiger charge is 2.22. The number of para-hydroxylation sites is 1. The first-order valence-corrected chi connectivity index (χ1v) is 9.76. The predicted molar refractivity (Wildman–Crippen MR) is 112 cm³/mol. The fraction of sp³-hybridized carbons (Fsp3) is 0.304. The first-order valence-electron chi connectivity index (χ1n) is 9.76. The Labute approximate surface area is 165 Å². The van der Waals surface area contributed by atoms with Gasteiger partial charge in [-0.3, -0.25) is 9.59 Å². The van der Waals surface area contributed by atoms with Gasteiger partial charge in [-0.05, 0) is 49.1 Å². The van der Waals surface area contributed by atoms with Crippen LogP contribution in [0, 0.1) is 6.92 Å². The van der Waals surface area contributed by atoms with Crippen LogP contribution in [0.15, 0.2) is 48.7 Å². The van der Waals surface area contributed by atoms with Crippen molar-refractivity contribution in [3.8, 4) is 0 Å². The normalized spacial score (nSPS) is 13.9. The number of fused-ring (bicyclic) bond motifs is 1. The van der Waals surface area contributed by atoms with Crippen molar-refractivity contribution in [3.05, 3.63) is 65.4 Å². The average molecular weight is 375 g/mol. The van der Waals surface area contributed by atoms with Gasteiger partial charge in [-0.1, -0.05) is 24.3 Å². The van der Waals surface area contributed by atoms with Crippen LogP contribution in [0.25, 0.3) is 10.9 Å². The second-order valence-corrected chi connectivity index (χ2v) is 7.48. The van der Waals surface area contributed by atoms with Gasteiger partial charge in [0.25, 0.3) is 5.91 Å². The number of anilines is 1. The Kier molecular flexibility index (Phi) is 4.90. The average Bonchev–Trinajstić information content (AvgIpc) is 3.32. The van der Waals surface area contributed by atoms with Crippen molar-refractivity contribution in [1.29, 1.82) is 0 Å². The number of nitrogens with one attached hydrogen (secondary N) is 1. The summed E-state index contributed by atoms with van der Waals surface area (Å²) >= 11 is 0. The number of hydrogen-bond acceptors (Lipinski definition) is 2. The van der Waals surface area contributed by atoms with Crippen molar-refractivity contribution in [1.82, 2.24) is 9.47 Å². The number of hydrogen-bond donors (Lipinski definition) is 1. The molecule has 0 radical (unpaired) electrons. The molecule has 0 unspecified atom stereocenters. The SMILES string of the molecule is Cc1c(NC(=O)Cc2cn(C)c3ccccc23)cccc1C(=O)N1CCCC1. The summed E-state index contributed by atoms with van der Waals surface area (Å²) in [6, 6.07) is 13.6. The fourth-order valence-corrected chi connectivity index (χ4v) is 4.03. The monoisotopic (exact) mass is 375 g/mol. The lowest BCUT2D eigenvalue weighted by Crippen LogP contribution is -2.28. The number of carbonyl (C=O) groups is 2. The van der Waals surface area contributed by atoms with Crippen LogP contribution in [-0.4, -0.2) is 34.4 Å². The summed E-state index contributed by atoms with van der Waals surface area (Å²) in [5.41, 5.74) is 4.31. The van der Waals surface area contributed by atoms with E-state index in [2.05, 4.69) is 5.32 Å². The van der Waals surface area contributed by atoms with Crippen LogP contribution < -0.4 is 5.32 Å². The van der Waals surface area contributed by atoms with E-state index in [1.54, 1.807) is 0 Å². The third-order valence-electron chi connectivity index (χ3n) is 5.56. The minimum Gasteiger partial charge on any atom is -0.350 e. The molecule has 1 aliphatic heterocycles. The van der Waals surface area contributed by atoms with Gasteiger partial charge < -0.3 is 14.8 Å². The molecule has 28 heavy (non-hydrogen) atoms. The van der Waals surface area contributed by atoms with Crippen molar-refractivity contribution >= 4 is 28.4 Å². The van der Waals surface area contributed by atoms with Gasteiger partial charge in [0.05, 0.1) is 6.42 Å². The number of carbonyl (C=O) groups excluding carboxylic acids is 2. The lowest BCUT2D eigenvalue weighted by Gasteiger charge is -2.18. The smallest absolute Gasteiger partial charge is 0.254 e. The zero-order chi connectivity index (χ0) is 19.7. The van der Waals surface area contributed by atoms with Gasteiger partial charge in [-0.25, -0.2) is 0 Å². The third kappa shape index (κ3) is 3.40. The van der Waals surface area contributed by atoms with Crippen LogP contribution in [0.5, 0.6) is 0 Å². The molecule has 1 N–H and O–H groups in total. The highest BCUT2D eigenvalue weighted by atomic mass is 16.2. The molecule has 2 heterocycles. The molecule has 5 heteroatoms. The predicted octanol–water partition coefficient (Wildman–Crippen LogP) is 3.90. The van der Waals surface area contributed by atoms with E-state index in [1.807, 2.05) is 72.1 Å². The molecule has 0 aliphatic carbocycles. The molecule has 0 bridgehead atoms. The van der Waals surface area contributed by atoms with Crippen molar-refractivity contribution in [2.24, 2.45) is 7.05 Å². The number of aryl methyl sites for hydroxylation is 1. The van der Waals surface area contributed by atoms with Gasteiger partial charge in [0.15, 0.2) is 0 Å². The Morgan fingerprint density at radius 2 is 1.79 bits per heavy atom. The summed E-state index contributed by atoms with van der Waals surface area (Å²) in [4.78, 5) is 27.4. The van der Waals surface area contributed by atoms with E-state index >= 15 is 0 Å². The van der Waals surface area contributed by atoms with Gasteiger partial charge >= 0.3 is 0 Å². The van der Waals surface area contributed by atoms with Crippen LogP contribution in [0.3, 0.4) is 0 Å². The first kappa shape index (κ1) is 18.3. The molecule has 0 atom stereocenters. The molecule has 2 aromatic carbocycles. The third-order valence-corrected chi connectivity index (χ3v) is 5.56. The topological polar surface area (TPSA) is 54.3 Å². The van der Waals surface area contributed by atoms with E-state index in [4.69, 9.17) is 0 Å². The van der Waals surface area contributed by atoms with Crippen molar-refractivity contribution in [2.75, 3.05) is 18.4 Å². The summed E-state index contributed by atoms with van der Waals surface area (Å²) in [5.74, 6) is -0.0228. The molecule has 0 spiro atoms. The Hall–Kier alpha value is -3.08. The summed E-state index contributed by atoms with van der Waals surface area (Å²) in [5, 5.41) is 4.09. The van der Waals surface area contributed by atoms with Gasteiger partial charge in [0, 0.05) is 48.5 Å². The Bertz CT molecular complexity index is 1050. The van der Waals surface area contributed by atoms with Crippen molar-refractivity contribution < 1.29 is 9.59 Å². The van der Waals surface area contributed by atoms with Gasteiger partial charge in [-0.15, -0.1) is 0 Å². The quantitative estimate of drug-likeness (QED) is 0.752. The molecule has 1 fully saturated rings. The molecule has 4 rings (SSSR count). The Morgan fingerprint density at radius 1 is 1.04 bits per heavy atom. The highest BCUT2D eigenvalue weighted by molar-refractivity contribution is 6.00. The van der Waals surface area contributed by atoms with Crippen LogP contribution in [-0.2, 0) is 18.3 Å². The molecular weight excluding hydrogens is 350 g/mol. The molecular formula is C23H25N3O2. The second kappa shape index (κ2) is 7.50. The minimum atomic E-state index is -0.0785. The van der Waals surface area contributed by atoms with Crippen LogP contribution in [0.1, 0.15) is 34.3 Å². The van der Waals surface area contributed by atoms with Crippen molar-refractivity contribution in [2.45, 2.75) is 26.2 Å². The molecule has 144 valence electrons. The fourth-order valence-electron chi connectivity index (χ4n) is 4.03. The maximum atomic E-state index is 12.8. The zero-order valence-corrected chi connectivity index (χ0v) is 16.4. The van der Waals surface area contributed by atoms with Gasteiger partial charge in [0.2, 0.25) is 5.91 Å². The van der Waals surface area contributed by atoms with Gasteiger partial charge in [-0.2, -0.15) is 0 Å². The minimum absolute atomic E-state index is 0.0557. The number of benzene rings is 2. The molecule has 3 aromatic rings. The number of nitrogens with zero attached hydrogens (tertiary/aromatic N) is 2. The number of rotatable bonds is 4. The summed E-state index contributed by atoms with van der Waals surface area (Å²) in [6.45, 7) is 3.53. The van der Waals surface area contributed by atoms with E-state index in [0.29, 0.717) is 17.7 Å². The summed E-state index contributed by atoms with van der Waals surface area (Å²) in [7, 11) is 1.99. The number of likely N-dealkylation sites (tertiary alicyclic amines) is 1. The lowest BCUT2D eigenvalue weighted by molar-refractivity contribution is -0.115. The largest absolute Gasteiger partial charge is 0.350 e. The van der Waals surface area contributed by atoms with E-state index in [1.165, 1.54) is 0 Å². The maximum absolute atomic E-state index is 12.8. The molecule has 5 nitrogen and oxygen atoms in total. The number of amides is 2. The standard InChI is InChI=1S/C23H25N3O2/c1-16-18(23(28)26-12-5-6-13-26)9-7-10-20(16)24-22(27)14-17-15-25(2)21-11-4-3-8-19(17)21/h3-4,7-11,15H,5-6,12-14H2,1-2H3,(H,24,27). The molecule has 0 saturated carbocycles. The molecule has 1 aliphatic rings. The van der Waals surface area contributed by atoms with E-state index < -0.39 is 0 Å². The molecule has 1 saturated heterocycles. The van der Waals surface area contributed by atoms with Crippen molar-refractivity contribution in [3.63, 3.8) is 0 Å². The van der Waals surface area contributed by atoms with Crippen LogP contribution in [0.2, 0.25) is 0 Å². The van der Waals surface area contributed by atoms with Gasteiger partial charge in [0.1, 0.15) is 0 Å². The van der Waals surface area contributed by atoms with E-state index in [-0.39, 0.29) is 11.8 Å².